The van der Waals surface area contributed by atoms with Crippen LogP contribution in [0.1, 0.15) is 18.1 Å². The molecule has 2 heterocycles. The van der Waals surface area contributed by atoms with Crippen LogP contribution in [0.25, 0.3) is 0 Å². The van der Waals surface area contributed by atoms with Crippen LogP contribution in [0.3, 0.4) is 0 Å². The molecule has 0 N–H and O–H groups in total. The Kier molecular flexibility index (Phi) is 5.53. The maximum Gasteiger partial charge on any atom is 0.239 e. The molecule has 4 rings (SSSR count). The molecule has 0 saturated carbocycles. The van der Waals surface area contributed by atoms with E-state index < -0.39 is 0 Å². The first kappa shape index (κ1) is 18.8. The summed E-state index contributed by atoms with van der Waals surface area (Å²) in [6.45, 7) is 7.27. The van der Waals surface area contributed by atoms with Gasteiger partial charge in [0, 0.05) is 51.0 Å². The smallest absolute Gasteiger partial charge is 0.239 e. The highest BCUT2D eigenvalue weighted by Gasteiger charge is 2.30. The highest BCUT2D eigenvalue weighted by molar-refractivity contribution is 5.81. The lowest BCUT2D eigenvalue weighted by atomic mass is 9.99. The van der Waals surface area contributed by atoms with Gasteiger partial charge in [-0.15, -0.1) is 0 Å². The Morgan fingerprint density at radius 1 is 0.964 bits per heavy atom. The van der Waals surface area contributed by atoms with Gasteiger partial charge >= 0.3 is 0 Å². The topological polar surface area (TPSA) is 36.0 Å². The van der Waals surface area contributed by atoms with Gasteiger partial charge in [-0.25, -0.2) is 0 Å². The molecule has 2 aliphatic rings. The van der Waals surface area contributed by atoms with E-state index in [9.17, 15) is 4.79 Å². The van der Waals surface area contributed by atoms with Crippen molar-refractivity contribution in [2.24, 2.45) is 0 Å². The van der Waals surface area contributed by atoms with E-state index in [1.165, 1.54) is 16.8 Å². The van der Waals surface area contributed by atoms with Gasteiger partial charge in [-0.3, -0.25) is 9.69 Å². The Labute approximate surface area is 167 Å². The Balaban J connectivity index is 1.35. The van der Waals surface area contributed by atoms with E-state index in [1.807, 2.05) is 17.0 Å². The number of hydrogen-bond donors (Lipinski definition) is 0. The second kappa shape index (κ2) is 8.23. The average molecular weight is 380 g/mol. The highest BCUT2D eigenvalue weighted by Crippen LogP contribution is 2.24. The molecule has 0 aromatic heterocycles. The second-order valence-corrected chi connectivity index (χ2v) is 7.68. The van der Waals surface area contributed by atoms with Crippen molar-refractivity contribution in [1.82, 2.24) is 9.80 Å². The molecule has 0 unspecified atom stereocenters. The molecule has 0 aliphatic carbocycles. The van der Waals surface area contributed by atoms with Gasteiger partial charge < -0.3 is 14.5 Å². The van der Waals surface area contributed by atoms with E-state index in [4.69, 9.17) is 4.74 Å². The van der Waals surface area contributed by atoms with E-state index in [-0.39, 0.29) is 11.9 Å². The highest BCUT2D eigenvalue weighted by atomic mass is 16.5. The van der Waals surface area contributed by atoms with Gasteiger partial charge in [-0.1, -0.05) is 30.3 Å². The van der Waals surface area contributed by atoms with Gasteiger partial charge in [-0.05, 0) is 36.6 Å². The van der Waals surface area contributed by atoms with E-state index >= 15 is 0 Å². The van der Waals surface area contributed by atoms with E-state index in [0.29, 0.717) is 0 Å². The summed E-state index contributed by atoms with van der Waals surface area (Å²) in [4.78, 5) is 19.8. The van der Waals surface area contributed by atoms with Crippen LogP contribution in [-0.2, 0) is 17.8 Å². The number of ether oxygens (including phenoxy) is 1. The number of anilines is 1. The summed E-state index contributed by atoms with van der Waals surface area (Å²) in [5.41, 5.74) is 3.86. The van der Waals surface area contributed by atoms with Gasteiger partial charge in [0.2, 0.25) is 5.91 Å². The summed E-state index contributed by atoms with van der Waals surface area (Å²) in [5.74, 6) is 1.14. The number of fused-ring (bicyclic) bond motifs is 1. The number of carbonyl (C=O) groups excluding carboxylic acids is 1. The number of methoxy groups -OCH3 is 1. The first-order chi connectivity index (χ1) is 13.7. The first-order valence-corrected chi connectivity index (χ1v) is 10.1. The number of amides is 1. The van der Waals surface area contributed by atoms with Crippen LogP contribution >= 0.6 is 0 Å². The lowest BCUT2D eigenvalue weighted by Gasteiger charge is -2.40. The molecule has 1 fully saturated rings. The summed E-state index contributed by atoms with van der Waals surface area (Å²) in [5, 5.41) is 0. The Morgan fingerprint density at radius 2 is 1.71 bits per heavy atom. The van der Waals surface area contributed by atoms with Gasteiger partial charge in [0.25, 0.3) is 0 Å². The van der Waals surface area contributed by atoms with Crippen LogP contribution in [0, 0.1) is 0 Å². The lowest BCUT2D eigenvalue weighted by molar-refractivity contribution is -0.137. The minimum Gasteiger partial charge on any atom is -0.497 e. The Morgan fingerprint density at radius 3 is 2.46 bits per heavy atom. The Bertz CT molecular complexity index is 830. The molecule has 148 valence electrons. The second-order valence-electron chi connectivity index (χ2n) is 7.68. The van der Waals surface area contributed by atoms with Gasteiger partial charge in [0.1, 0.15) is 5.75 Å². The fraction of sp³-hybridized carbons (Fsp3) is 0.435. The monoisotopic (exact) mass is 379 g/mol. The van der Waals surface area contributed by atoms with Crippen molar-refractivity contribution in [2.75, 3.05) is 44.7 Å². The van der Waals surface area contributed by atoms with Crippen molar-refractivity contribution in [3.63, 3.8) is 0 Å². The van der Waals surface area contributed by atoms with Crippen LogP contribution in [0.2, 0.25) is 0 Å². The van der Waals surface area contributed by atoms with Crippen LogP contribution in [0.15, 0.2) is 48.5 Å². The fourth-order valence-corrected chi connectivity index (χ4v) is 4.28. The maximum absolute atomic E-state index is 13.1. The van der Waals surface area contributed by atoms with Gasteiger partial charge in [0.05, 0.1) is 13.2 Å². The molecule has 1 atom stereocenters. The minimum absolute atomic E-state index is 0.0716. The normalized spacial score (nSPS) is 18.5. The maximum atomic E-state index is 13.1. The average Bonchev–Trinajstić information content (AvgIpc) is 2.78. The van der Waals surface area contributed by atoms with Crippen molar-refractivity contribution in [1.29, 1.82) is 0 Å². The molecular weight excluding hydrogens is 350 g/mol. The first-order valence-electron chi connectivity index (χ1n) is 10.1. The molecule has 28 heavy (non-hydrogen) atoms. The van der Waals surface area contributed by atoms with E-state index in [2.05, 4.69) is 53.1 Å². The zero-order valence-electron chi connectivity index (χ0n) is 16.8. The third kappa shape index (κ3) is 3.85. The van der Waals surface area contributed by atoms with Crippen molar-refractivity contribution < 1.29 is 9.53 Å². The molecule has 2 aromatic carbocycles. The largest absolute Gasteiger partial charge is 0.497 e. The summed E-state index contributed by atoms with van der Waals surface area (Å²) in [6.07, 6.45) is 0.957. The fourth-order valence-electron chi connectivity index (χ4n) is 4.28. The molecule has 5 nitrogen and oxygen atoms in total. The molecule has 0 spiro atoms. The number of rotatable bonds is 4. The van der Waals surface area contributed by atoms with Crippen LogP contribution < -0.4 is 9.64 Å². The summed E-state index contributed by atoms with van der Waals surface area (Å²) < 4.78 is 5.34. The summed E-state index contributed by atoms with van der Waals surface area (Å²) in [7, 11) is 1.70. The Hall–Kier alpha value is -2.53. The number of hydrogen-bond acceptors (Lipinski definition) is 4. The molecule has 2 aliphatic heterocycles. The molecule has 0 radical (unpaired) electrons. The molecular formula is C23H29N3O2. The third-order valence-electron chi connectivity index (χ3n) is 6.08. The predicted molar refractivity (Wildman–Crippen MR) is 112 cm³/mol. The van der Waals surface area contributed by atoms with Crippen molar-refractivity contribution in [3.8, 4) is 5.75 Å². The minimum atomic E-state index is -0.0716. The van der Waals surface area contributed by atoms with E-state index in [1.54, 1.807) is 7.11 Å². The van der Waals surface area contributed by atoms with Crippen LogP contribution in [0.5, 0.6) is 5.75 Å². The molecule has 5 heteroatoms. The predicted octanol–water partition coefficient (Wildman–Crippen LogP) is 2.79. The van der Waals surface area contributed by atoms with E-state index in [0.717, 1.165) is 51.4 Å². The molecule has 2 aromatic rings. The molecule has 1 saturated heterocycles. The quantitative estimate of drug-likeness (QED) is 0.819. The number of piperazine rings is 1. The number of carbonyl (C=O) groups is 1. The van der Waals surface area contributed by atoms with Crippen molar-refractivity contribution in [2.45, 2.75) is 25.9 Å². The number of nitrogens with zero attached hydrogens (tertiary/aromatic N) is 3. The van der Waals surface area contributed by atoms with Crippen LogP contribution in [0.4, 0.5) is 5.69 Å². The van der Waals surface area contributed by atoms with Gasteiger partial charge in [-0.2, -0.15) is 0 Å². The summed E-state index contributed by atoms with van der Waals surface area (Å²) >= 11 is 0. The SMILES string of the molecule is COc1cccc(N2CCN([C@H](C)C(=O)N3CCc4ccccc4C3)CC2)c1. The van der Waals surface area contributed by atoms with Crippen molar-refractivity contribution in [3.05, 3.63) is 59.7 Å². The van der Waals surface area contributed by atoms with Crippen molar-refractivity contribution >= 4 is 11.6 Å². The zero-order chi connectivity index (χ0) is 19.5. The van der Waals surface area contributed by atoms with Crippen LogP contribution in [-0.4, -0.2) is 61.6 Å². The zero-order valence-corrected chi connectivity index (χ0v) is 16.8. The van der Waals surface area contributed by atoms with Gasteiger partial charge in [0.15, 0.2) is 0 Å². The summed E-state index contributed by atoms with van der Waals surface area (Å²) in [6, 6.07) is 16.6. The number of benzene rings is 2. The molecule has 1 amide bonds. The third-order valence-corrected chi connectivity index (χ3v) is 6.08. The lowest BCUT2D eigenvalue weighted by Crippen LogP contribution is -2.55. The molecule has 0 bridgehead atoms. The standard InChI is InChI=1S/C23H29N3O2/c1-18(23(27)26-11-10-19-6-3-4-7-20(19)17-26)24-12-14-25(15-13-24)21-8-5-9-22(16-21)28-2/h3-9,16,18H,10-15,17H2,1-2H3/t18-/m1/s1.